The van der Waals surface area contributed by atoms with Crippen molar-refractivity contribution in [1.82, 2.24) is 15.2 Å². The molecular weight excluding hydrogens is 206 g/mol. The maximum Gasteiger partial charge on any atom is 0.240 e. The lowest BCUT2D eigenvalue weighted by Crippen LogP contribution is -2.51. The van der Waals surface area contributed by atoms with Crippen LogP contribution in [0.25, 0.3) is 0 Å². The van der Waals surface area contributed by atoms with Gasteiger partial charge in [-0.3, -0.25) is 24.8 Å². The van der Waals surface area contributed by atoms with Crippen LogP contribution in [-0.4, -0.2) is 34.8 Å². The molecule has 1 aliphatic rings. The number of carbonyl (C=O) groups excluding carboxylic acids is 2. The molecule has 2 amide bonds. The molecule has 84 valence electrons. The molecule has 1 saturated heterocycles. The van der Waals surface area contributed by atoms with E-state index >= 15 is 0 Å². The summed E-state index contributed by atoms with van der Waals surface area (Å²) >= 11 is 0. The van der Waals surface area contributed by atoms with Crippen LogP contribution in [-0.2, 0) is 9.59 Å². The highest BCUT2D eigenvalue weighted by molar-refractivity contribution is 5.99. The van der Waals surface area contributed by atoms with Crippen molar-refractivity contribution in [3.05, 3.63) is 30.1 Å². The summed E-state index contributed by atoms with van der Waals surface area (Å²) < 4.78 is 0. The first kappa shape index (κ1) is 10.8. The number of aromatic nitrogens is 1. The van der Waals surface area contributed by atoms with Gasteiger partial charge in [-0.05, 0) is 18.6 Å². The Labute approximate surface area is 93.5 Å². The quantitative estimate of drug-likeness (QED) is 0.717. The molecule has 0 saturated carbocycles. The van der Waals surface area contributed by atoms with E-state index in [0.29, 0.717) is 0 Å². The number of rotatable bonds is 2. The molecular formula is C11H13N3O2. The van der Waals surface area contributed by atoms with Gasteiger partial charge in [0.1, 0.15) is 0 Å². The zero-order valence-electron chi connectivity index (χ0n) is 9.01. The molecule has 2 rings (SSSR count). The third kappa shape index (κ3) is 2.25. The number of pyridine rings is 1. The molecule has 5 nitrogen and oxygen atoms in total. The monoisotopic (exact) mass is 219 g/mol. The number of piperazine rings is 1. The van der Waals surface area contributed by atoms with E-state index in [2.05, 4.69) is 10.3 Å². The molecule has 1 aromatic rings. The highest BCUT2D eigenvalue weighted by Crippen LogP contribution is 2.19. The Hall–Kier alpha value is -1.75. The summed E-state index contributed by atoms with van der Waals surface area (Å²) in [5.74, 6) is -0.487. The van der Waals surface area contributed by atoms with Gasteiger partial charge in [-0.15, -0.1) is 0 Å². The Bertz CT molecular complexity index is 389. The average molecular weight is 219 g/mol. The lowest BCUT2D eigenvalue weighted by molar-refractivity contribution is -0.137. The summed E-state index contributed by atoms with van der Waals surface area (Å²) in [4.78, 5) is 28.3. The molecule has 0 aromatic carbocycles. The molecule has 2 heterocycles. The Morgan fingerprint density at radius 1 is 1.38 bits per heavy atom. The van der Waals surface area contributed by atoms with Crippen molar-refractivity contribution in [3.8, 4) is 0 Å². The van der Waals surface area contributed by atoms with Crippen LogP contribution in [0.2, 0.25) is 0 Å². The van der Waals surface area contributed by atoms with Gasteiger partial charge in [-0.1, -0.05) is 6.07 Å². The number of hydrogen-bond acceptors (Lipinski definition) is 4. The molecule has 0 spiro atoms. The zero-order chi connectivity index (χ0) is 11.5. The van der Waals surface area contributed by atoms with E-state index in [1.807, 2.05) is 24.0 Å². The van der Waals surface area contributed by atoms with Gasteiger partial charge >= 0.3 is 0 Å². The van der Waals surface area contributed by atoms with Crippen LogP contribution in [0.5, 0.6) is 0 Å². The van der Waals surface area contributed by atoms with Crippen LogP contribution in [0.3, 0.4) is 0 Å². The second kappa shape index (κ2) is 4.40. The largest absolute Gasteiger partial charge is 0.294 e. The minimum absolute atomic E-state index is 0.0173. The second-order valence-corrected chi connectivity index (χ2v) is 3.84. The molecule has 1 fully saturated rings. The smallest absolute Gasteiger partial charge is 0.240 e. The van der Waals surface area contributed by atoms with Crippen LogP contribution < -0.4 is 5.32 Å². The fourth-order valence-electron chi connectivity index (χ4n) is 1.77. The van der Waals surface area contributed by atoms with E-state index in [9.17, 15) is 9.59 Å². The van der Waals surface area contributed by atoms with Gasteiger partial charge in [0.25, 0.3) is 0 Å². The number of amides is 2. The van der Waals surface area contributed by atoms with E-state index in [4.69, 9.17) is 0 Å². The molecule has 1 aromatic heterocycles. The van der Waals surface area contributed by atoms with Gasteiger partial charge in [-0.25, -0.2) is 0 Å². The first-order chi connectivity index (χ1) is 7.66. The Morgan fingerprint density at radius 2 is 2.06 bits per heavy atom. The first-order valence-electron chi connectivity index (χ1n) is 5.13. The molecule has 0 bridgehead atoms. The minimum Gasteiger partial charge on any atom is -0.294 e. The SMILES string of the molecule is CC(c1cccnc1)N1CC(=O)NC(=O)C1. The third-order valence-corrected chi connectivity index (χ3v) is 2.69. The molecule has 1 aliphatic heterocycles. The van der Waals surface area contributed by atoms with Crippen LogP contribution in [0.15, 0.2) is 24.5 Å². The Kier molecular flexibility index (Phi) is 2.96. The Balaban J connectivity index is 2.13. The predicted octanol–water partition coefficient (Wildman–Crippen LogP) is 0.101. The fraction of sp³-hybridized carbons (Fsp3) is 0.364. The molecule has 1 atom stereocenters. The highest BCUT2D eigenvalue weighted by atomic mass is 16.2. The van der Waals surface area contributed by atoms with Crippen molar-refractivity contribution in [3.63, 3.8) is 0 Å². The van der Waals surface area contributed by atoms with Gasteiger partial charge in [0, 0.05) is 18.4 Å². The van der Waals surface area contributed by atoms with Crippen LogP contribution in [0.4, 0.5) is 0 Å². The lowest BCUT2D eigenvalue weighted by Gasteiger charge is -2.30. The normalized spacial score (nSPS) is 19.3. The summed E-state index contributed by atoms with van der Waals surface area (Å²) in [6.45, 7) is 2.46. The van der Waals surface area contributed by atoms with E-state index < -0.39 is 0 Å². The molecule has 1 N–H and O–H groups in total. The molecule has 0 aliphatic carbocycles. The van der Waals surface area contributed by atoms with Crippen LogP contribution in [0.1, 0.15) is 18.5 Å². The first-order valence-corrected chi connectivity index (χ1v) is 5.13. The summed E-state index contributed by atoms with van der Waals surface area (Å²) in [6, 6.07) is 3.80. The van der Waals surface area contributed by atoms with E-state index in [1.165, 1.54) is 0 Å². The zero-order valence-corrected chi connectivity index (χ0v) is 9.01. The van der Waals surface area contributed by atoms with Gasteiger partial charge in [-0.2, -0.15) is 0 Å². The lowest BCUT2D eigenvalue weighted by atomic mass is 10.1. The topological polar surface area (TPSA) is 62.3 Å². The standard InChI is InChI=1S/C11H13N3O2/c1-8(9-3-2-4-12-5-9)14-6-10(15)13-11(16)7-14/h2-5,8H,6-7H2,1H3,(H,13,15,16). The maximum atomic E-state index is 11.2. The van der Waals surface area contributed by atoms with Crippen LogP contribution in [0, 0.1) is 0 Å². The molecule has 1 unspecified atom stereocenters. The number of nitrogens with zero attached hydrogens (tertiary/aromatic N) is 2. The number of nitrogens with one attached hydrogen (secondary N) is 1. The van der Waals surface area contributed by atoms with Gasteiger partial charge in [0.05, 0.1) is 13.1 Å². The summed E-state index contributed by atoms with van der Waals surface area (Å²) in [7, 11) is 0. The molecule has 0 radical (unpaired) electrons. The van der Waals surface area contributed by atoms with E-state index in [0.717, 1.165) is 5.56 Å². The molecule has 16 heavy (non-hydrogen) atoms. The minimum atomic E-state index is -0.244. The van der Waals surface area contributed by atoms with Crippen molar-refractivity contribution < 1.29 is 9.59 Å². The van der Waals surface area contributed by atoms with Crippen molar-refractivity contribution in [2.75, 3.05) is 13.1 Å². The highest BCUT2D eigenvalue weighted by Gasteiger charge is 2.26. The van der Waals surface area contributed by atoms with Gasteiger partial charge in [0.2, 0.25) is 11.8 Å². The van der Waals surface area contributed by atoms with Crippen molar-refractivity contribution in [2.24, 2.45) is 0 Å². The van der Waals surface area contributed by atoms with E-state index in [-0.39, 0.29) is 30.9 Å². The van der Waals surface area contributed by atoms with Crippen molar-refractivity contribution >= 4 is 11.8 Å². The number of hydrogen-bond donors (Lipinski definition) is 1. The molecule has 5 heteroatoms. The van der Waals surface area contributed by atoms with Gasteiger partial charge < -0.3 is 0 Å². The number of imide groups is 1. The van der Waals surface area contributed by atoms with E-state index in [1.54, 1.807) is 12.4 Å². The predicted molar refractivity (Wildman–Crippen MR) is 57.4 cm³/mol. The maximum absolute atomic E-state index is 11.2. The number of carbonyl (C=O) groups is 2. The third-order valence-electron chi connectivity index (χ3n) is 2.69. The van der Waals surface area contributed by atoms with Gasteiger partial charge in [0.15, 0.2) is 0 Å². The van der Waals surface area contributed by atoms with Crippen molar-refractivity contribution in [2.45, 2.75) is 13.0 Å². The van der Waals surface area contributed by atoms with Crippen molar-refractivity contribution in [1.29, 1.82) is 0 Å². The average Bonchev–Trinajstić information content (AvgIpc) is 2.28. The summed E-state index contributed by atoms with van der Waals surface area (Å²) in [6.07, 6.45) is 3.45. The summed E-state index contributed by atoms with van der Waals surface area (Å²) in [5.41, 5.74) is 1.00. The summed E-state index contributed by atoms with van der Waals surface area (Å²) in [5, 5.41) is 2.28. The second-order valence-electron chi connectivity index (χ2n) is 3.84. The van der Waals surface area contributed by atoms with Crippen LogP contribution >= 0.6 is 0 Å². The Morgan fingerprint density at radius 3 is 2.62 bits per heavy atom. The fourth-order valence-corrected chi connectivity index (χ4v) is 1.77.